The number of piperidine rings is 1. The second kappa shape index (κ2) is 6.12. The fourth-order valence-electron chi connectivity index (χ4n) is 2.72. The van der Waals surface area contributed by atoms with E-state index in [0.29, 0.717) is 37.4 Å². The van der Waals surface area contributed by atoms with E-state index >= 15 is 0 Å². The number of nitrogens with zero attached hydrogens (tertiary/aromatic N) is 1. The molecule has 0 saturated carbocycles. The molecule has 3 rings (SSSR count). The minimum atomic E-state index is -0.835. The molecule has 2 aromatic heterocycles. The predicted octanol–water partition coefficient (Wildman–Crippen LogP) is 1.57. The summed E-state index contributed by atoms with van der Waals surface area (Å²) in [7, 11) is 0. The SMILES string of the molecule is O=C(O)C1CCN(C(=O)c2ccc(-c3ccco3)[nH]c2=O)CC1. The van der Waals surface area contributed by atoms with Crippen LogP contribution in [0.2, 0.25) is 0 Å². The molecule has 3 heterocycles. The van der Waals surface area contributed by atoms with E-state index in [1.54, 1.807) is 18.2 Å². The fourth-order valence-corrected chi connectivity index (χ4v) is 2.72. The number of carboxylic acid groups (broad SMARTS) is 1. The molecule has 23 heavy (non-hydrogen) atoms. The van der Waals surface area contributed by atoms with Gasteiger partial charge in [0.2, 0.25) is 0 Å². The van der Waals surface area contributed by atoms with Gasteiger partial charge in [0.05, 0.1) is 17.9 Å². The molecule has 0 radical (unpaired) electrons. The molecule has 1 saturated heterocycles. The maximum atomic E-state index is 12.4. The van der Waals surface area contributed by atoms with Crippen molar-refractivity contribution in [1.82, 2.24) is 9.88 Å². The number of H-pyrrole nitrogens is 1. The molecular weight excluding hydrogens is 300 g/mol. The third kappa shape index (κ3) is 3.03. The van der Waals surface area contributed by atoms with Gasteiger partial charge < -0.3 is 19.4 Å². The van der Waals surface area contributed by atoms with Crippen molar-refractivity contribution in [3.05, 3.63) is 46.4 Å². The largest absolute Gasteiger partial charge is 0.481 e. The van der Waals surface area contributed by atoms with Gasteiger partial charge in [-0.15, -0.1) is 0 Å². The average Bonchev–Trinajstić information content (AvgIpc) is 3.08. The van der Waals surface area contributed by atoms with Crippen molar-refractivity contribution < 1.29 is 19.1 Å². The number of hydrogen-bond acceptors (Lipinski definition) is 4. The molecule has 7 nitrogen and oxygen atoms in total. The van der Waals surface area contributed by atoms with Gasteiger partial charge in [-0.3, -0.25) is 14.4 Å². The Kier molecular flexibility index (Phi) is 4.01. The van der Waals surface area contributed by atoms with Gasteiger partial charge in [-0.05, 0) is 37.1 Å². The van der Waals surface area contributed by atoms with Crippen molar-refractivity contribution >= 4 is 11.9 Å². The van der Waals surface area contributed by atoms with Gasteiger partial charge in [-0.1, -0.05) is 0 Å². The van der Waals surface area contributed by atoms with E-state index < -0.39 is 17.4 Å². The molecule has 1 amide bonds. The lowest BCUT2D eigenvalue weighted by Gasteiger charge is -2.29. The number of aliphatic carboxylic acids is 1. The van der Waals surface area contributed by atoms with Gasteiger partial charge in [-0.2, -0.15) is 0 Å². The molecule has 120 valence electrons. The van der Waals surface area contributed by atoms with Crippen molar-refractivity contribution in [2.24, 2.45) is 5.92 Å². The zero-order valence-electron chi connectivity index (χ0n) is 12.3. The van der Waals surface area contributed by atoms with Crippen molar-refractivity contribution in [2.45, 2.75) is 12.8 Å². The number of carbonyl (C=O) groups excluding carboxylic acids is 1. The Morgan fingerprint density at radius 3 is 2.52 bits per heavy atom. The molecule has 2 aromatic rings. The molecule has 0 unspecified atom stereocenters. The van der Waals surface area contributed by atoms with Crippen molar-refractivity contribution in [3.63, 3.8) is 0 Å². The summed E-state index contributed by atoms with van der Waals surface area (Å²) in [6, 6.07) is 6.52. The topological polar surface area (TPSA) is 104 Å². The molecule has 0 aliphatic carbocycles. The van der Waals surface area contributed by atoms with E-state index in [-0.39, 0.29) is 11.5 Å². The number of amides is 1. The van der Waals surface area contributed by atoms with E-state index in [9.17, 15) is 14.4 Å². The Labute approximate surface area is 131 Å². The first-order chi connectivity index (χ1) is 11.1. The van der Waals surface area contributed by atoms with Crippen LogP contribution in [0.5, 0.6) is 0 Å². The molecule has 7 heteroatoms. The lowest BCUT2D eigenvalue weighted by molar-refractivity contribution is -0.143. The molecule has 0 spiro atoms. The summed E-state index contributed by atoms with van der Waals surface area (Å²) < 4.78 is 5.20. The molecule has 1 aliphatic heterocycles. The zero-order chi connectivity index (χ0) is 16.4. The Balaban J connectivity index is 1.76. The van der Waals surface area contributed by atoms with Crippen LogP contribution in [0.15, 0.2) is 39.7 Å². The number of carboxylic acids is 1. The highest BCUT2D eigenvalue weighted by molar-refractivity contribution is 5.94. The summed E-state index contributed by atoms with van der Waals surface area (Å²) in [6.07, 6.45) is 2.31. The Hall–Kier alpha value is -2.83. The molecule has 1 aliphatic rings. The molecule has 2 N–H and O–H groups in total. The van der Waals surface area contributed by atoms with E-state index in [2.05, 4.69) is 4.98 Å². The predicted molar refractivity (Wildman–Crippen MR) is 81.0 cm³/mol. The number of carbonyl (C=O) groups is 2. The first-order valence-electron chi connectivity index (χ1n) is 7.35. The van der Waals surface area contributed by atoms with Gasteiger partial charge in [0.25, 0.3) is 11.5 Å². The summed E-state index contributed by atoms with van der Waals surface area (Å²) in [4.78, 5) is 39.7. The van der Waals surface area contributed by atoms with Crippen LogP contribution in [-0.4, -0.2) is 40.0 Å². The number of aromatic nitrogens is 1. The Bertz CT molecular complexity index is 770. The van der Waals surface area contributed by atoms with Crippen molar-refractivity contribution in [2.75, 3.05) is 13.1 Å². The Morgan fingerprint density at radius 1 is 1.22 bits per heavy atom. The smallest absolute Gasteiger partial charge is 0.306 e. The number of pyridine rings is 1. The first-order valence-corrected chi connectivity index (χ1v) is 7.35. The number of hydrogen-bond donors (Lipinski definition) is 2. The van der Waals surface area contributed by atoms with Gasteiger partial charge in [0.15, 0.2) is 0 Å². The van der Waals surface area contributed by atoms with Crippen LogP contribution in [0.3, 0.4) is 0 Å². The second-order valence-corrected chi connectivity index (χ2v) is 5.50. The molecule has 0 bridgehead atoms. The standard InChI is InChI=1S/C16H16N2O5/c19-14-11(3-4-12(17-14)13-2-1-9-23-13)15(20)18-7-5-10(6-8-18)16(21)22/h1-4,9-10H,5-8H2,(H,17,19)(H,21,22). The maximum absolute atomic E-state index is 12.4. The van der Waals surface area contributed by atoms with Crippen LogP contribution in [-0.2, 0) is 4.79 Å². The highest BCUT2D eigenvalue weighted by Crippen LogP contribution is 2.19. The van der Waals surface area contributed by atoms with Crippen LogP contribution in [0, 0.1) is 5.92 Å². The van der Waals surface area contributed by atoms with Crippen LogP contribution < -0.4 is 5.56 Å². The van der Waals surface area contributed by atoms with Crippen molar-refractivity contribution in [1.29, 1.82) is 0 Å². The summed E-state index contributed by atoms with van der Waals surface area (Å²) in [5, 5.41) is 8.98. The normalized spacial score (nSPS) is 15.6. The van der Waals surface area contributed by atoms with E-state index in [4.69, 9.17) is 9.52 Å². The summed E-state index contributed by atoms with van der Waals surface area (Å²) >= 11 is 0. The van der Waals surface area contributed by atoms with Crippen LogP contribution in [0.4, 0.5) is 0 Å². The number of rotatable bonds is 3. The third-order valence-electron chi connectivity index (χ3n) is 4.06. The number of aromatic amines is 1. The lowest BCUT2D eigenvalue weighted by Crippen LogP contribution is -2.42. The average molecular weight is 316 g/mol. The van der Waals surface area contributed by atoms with Gasteiger partial charge >= 0.3 is 5.97 Å². The second-order valence-electron chi connectivity index (χ2n) is 5.50. The quantitative estimate of drug-likeness (QED) is 0.894. The maximum Gasteiger partial charge on any atom is 0.306 e. The summed E-state index contributed by atoms with van der Waals surface area (Å²) in [5.41, 5.74) is 0.0690. The van der Waals surface area contributed by atoms with Gasteiger partial charge in [0.1, 0.15) is 11.3 Å². The number of likely N-dealkylation sites (tertiary alicyclic amines) is 1. The van der Waals surface area contributed by atoms with Crippen molar-refractivity contribution in [3.8, 4) is 11.5 Å². The molecule has 0 aromatic carbocycles. The number of nitrogens with one attached hydrogen (secondary N) is 1. The van der Waals surface area contributed by atoms with E-state index in [1.165, 1.54) is 17.2 Å². The zero-order valence-corrected chi connectivity index (χ0v) is 12.3. The summed E-state index contributed by atoms with van der Waals surface area (Å²) in [6.45, 7) is 0.685. The highest BCUT2D eigenvalue weighted by atomic mass is 16.4. The van der Waals surface area contributed by atoms with Crippen LogP contribution in [0.1, 0.15) is 23.2 Å². The fraction of sp³-hybridized carbons (Fsp3) is 0.312. The van der Waals surface area contributed by atoms with E-state index in [0.717, 1.165) is 0 Å². The van der Waals surface area contributed by atoms with Crippen LogP contribution >= 0.6 is 0 Å². The van der Waals surface area contributed by atoms with Gasteiger partial charge in [0, 0.05) is 13.1 Å². The van der Waals surface area contributed by atoms with E-state index in [1.807, 2.05) is 0 Å². The molecule has 0 atom stereocenters. The highest BCUT2D eigenvalue weighted by Gasteiger charge is 2.28. The van der Waals surface area contributed by atoms with Crippen LogP contribution in [0.25, 0.3) is 11.5 Å². The third-order valence-corrected chi connectivity index (χ3v) is 4.06. The monoisotopic (exact) mass is 316 g/mol. The first kappa shape index (κ1) is 15.1. The lowest BCUT2D eigenvalue weighted by atomic mass is 9.97. The minimum absolute atomic E-state index is 0.0501. The summed E-state index contributed by atoms with van der Waals surface area (Å²) in [5.74, 6) is -1.11. The minimum Gasteiger partial charge on any atom is -0.481 e. The number of furan rings is 1. The van der Waals surface area contributed by atoms with Gasteiger partial charge in [-0.25, -0.2) is 0 Å². The molecular formula is C16H16N2O5. The molecule has 1 fully saturated rings. The Morgan fingerprint density at radius 2 is 1.96 bits per heavy atom.